The number of benzene rings is 1. The number of hydrogen-bond acceptors (Lipinski definition) is 5. The minimum atomic E-state index is -0.500. The van der Waals surface area contributed by atoms with Gasteiger partial charge in [-0.05, 0) is 26.8 Å². The summed E-state index contributed by atoms with van der Waals surface area (Å²) in [5.74, 6) is -1.25. The van der Waals surface area contributed by atoms with Gasteiger partial charge in [-0.15, -0.1) is 0 Å². The molecule has 2 amide bonds. The molecule has 0 aliphatic carbocycles. The van der Waals surface area contributed by atoms with Crippen molar-refractivity contribution >= 4 is 46.4 Å². The maximum absolute atomic E-state index is 11.7. The summed E-state index contributed by atoms with van der Waals surface area (Å²) >= 11 is 6.10. The molecular weight excluding hydrogens is 336 g/mol. The fourth-order valence-electron chi connectivity index (χ4n) is 1.86. The molecule has 0 fully saturated rings. The second kappa shape index (κ2) is 9.02. The normalized spacial score (nSPS) is 10.0. The summed E-state index contributed by atoms with van der Waals surface area (Å²) in [4.78, 5) is 45.4. The van der Waals surface area contributed by atoms with E-state index in [1.54, 1.807) is 6.92 Å². The van der Waals surface area contributed by atoms with Crippen molar-refractivity contribution in [2.45, 2.75) is 33.6 Å². The van der Waals surface area contributed by atoms with Gasteiger partial charge in [-0.1, -0.05) is 11.6 Å². The highest BCUT2D eigenvalue weighted by Crippen LogP contribution is 2.35. The maximum atomic E-state index is 11.7. The molecule has 0 spiro atoms. The lowest BCUT2D eigenvalue weighted by atomic mass is 10.2. The van der Waals surface area contributed by atoms with Gasteiger partial charge in [-0.25, -0.2) is 0 Å². The Morgan fingerprint density at radius 2 is 1.46 bits per heavy atom. The third kappa shape index (κ3) is 6.37. The van der Waals surface area contributed by atoms with E-state index >= 15 is 0 Å². The molecule has 0 unspecified atom stereocenters. The first kappa shape index (κ1) is 19.6. The third-order valence-electron chi connectivity index (χ3n) is 2.74. The second-order valence-corrected chi connectivity index (χ2v) is 5.52. The summed E-state index contributed by atoms with van der Waals surface area (Å²) in [5.41, 5.74) is 0.550. The van der Waals surface area contributed by atoms with E-state index in [4.69, 9.17) is 16.3 Å². The highest BCUT2D eigenvalue weighted by atomic mass is 35.5. The van der Waals surface area contributed by atoms with Crippen molar-refractivity contribution < 1.29 is 23.9 Å². The van der Waals surface area contributed by atoms with Gasteiger partial charge in [0.25, 0.3) is 0 Å². The molecule has 0 saturated heterocycles. The lowest BCUT2D eigenvalue weighted by molar-refractivity contribution is -0.125. The van der Waals surface area contributed by atoms with Crippen molar-refractivity contribution in [2.75, 3.05) is 17.2 Å². The molecule has 0 atom stereocenters. The van der Waals surface area contributed by atoms with Crippen LogP contribution in [0, 0.1) is 0 Å². The topological polar surface area (TPSA) is 102 Å². The number of Topliss-reactive ketones (excluding diaryl/α,β-unsaturated/α-hetero) is 2. The number of carbonyl (C=O) groups excluding carboxylic acids is 4. The van der Waals surface area contributed by atoms with E-state index in [2.05, 4.69) is 10.6 Å². The van der Waals surface area contributed by atoms with Crippen molar-refractivity contribution in [3.8, 4) is 5.75 Å². The van der Waals surface area contributed by atoms with Crippen LogP contribution in [0.1, 0.15) is 33.6 Å². The number of ketones is 2. The van der Waals surface area contributed by atoms with Crippen LogP contribution in [-0.4, -0.2) is 30.0 Å². The Morgan fingerprint density at radius 3 is 1.92 bits per heavy atom. The van der Waals surface area contributed by atoms with Crippen LogP contribution in [0.15, 0.2) is 12.1 Å². The lowest BCUT2D eigenvalue weighted by Crippen LogP contribution is -2.17. The van der Waals surface area contributed by atoms with Gasteiger partial charge in [0.1, 0.15) is 17.3 Å². The van der Waals surface area contributed by atoms with Crippen LogP contribution < -0.4 is 15.4 Å². The smallest absolute Gasteiger partial charge is 0.231 e. The molecule has 0 bridgehead atoms. The molecule has 7 nitrogen and oxygen atoms in total. The lowest BCUT2D eigenvalue weighted by Gasteiger charge is -2.15. The molecule has 0 radical (unpaired) electrons. The first-order valence-corrected chi connectivity index (χ1v) is 7.65. The molecular formula is C16H19ClN2O5. The molecule has 0 saturated carbocycles. The largest absolute Gasteiger partial charge is 0.492 e. The zero-order valence-electron chi connectivity index (χ0n) is 13.7. The van der Waals surface area contributed by atoms with Crippen LogP contribution in [0.3, 0.4) is 0 Å². The van der Waals surface area contributed by atoms with Crippen molar-refractivity contribution in [3.05, 3.63) is 17.2 Å². The van der Waals surface area contributed by atoms with Crippen LogP contribution in [0.2, 0.25) is 5.02 Å². The van der Waals surface area contributed by atoms with Crippen molar-refractivity contribution in [2.24, 2.45) is 0 Å². The molecule has 0 heterocycles. The van der Waals surface area contributed by atoms with Crippen molar-refractivity contribution in [1.29, 1.82) is 0 Å². The number of hydrogen-bond donors (Lipinski definition) is 2. The van der Waals surface area contributed by atoms with E-state index in [1.165, 1.54) is 26.0 Å². The molecule has 1 aromatic carbocycles. The number of anilines is 2. The Hall–Kier alpha value is -2.41. The molecule has 1 aromatic rings. The van der Waals surface area contributed by atoms with E-state index in [9.17, 15) is 19.2 Å². The molecule has 24 heavy (non-hydrogen) atoms. The Morgan fingerprint density at radius 1 is 0.958 bits per heavy atom. The monoisotopic (exact) mass is 354 g/mol. The average Bonchev–Trinajstić information content (AvgIpc) is 2.42. The van der Waals surface area contributed by atoms with Crippen LogP contribution >= 0.6 is 11.6 Å². The summed E-state index contributed by atoms with van der Waals surface area (Å²) in [6.45, 7) is 4.69. The quantitative estimate of drug-likeness (QED) is 0.698. The number of carbonyl (C=O) groups is 4. The van der Waals surface area contributed by atoms with Crippen LogP contribution in [-0.2, 0) is 19.2 Å². The number of ether oxygens (including phenoxy) is 1. The maximum Gasteiger partial charge on any atom is 0.231 e. The second-order valence-electron chi connectivity index (χ2n) is 5.12. The standard InChI is InChI=1S/C16H19ClN2O5/c1-4-24-14-8-12(18-15(22)5-9(2)20)11(17)7-13(14)19-16(23)6-10(3)21/h7-8H,4-6H2,1-3H3,(H,18,22)(H,19,23). The van der Waals surface area contributed by atoms with Crippen LogP contribution in [0.4, 0.5) is 11.4 Å². The zero-order valence-corrected chi connectivity index (χ0v) is 14.5. The number of amides is 2. The highest BCUT2D eigenvalue weighted by molar-refractivity contribution is 6.34. The molecule has 0 aliphatic heterocycles. The van der Waals surface area contributed by atoms with Gasteiger partial charge in [0.2, 0.25) is 11.8 Å². The Kier molecular flexibility index (Phi) is 7.38. The van der Waals surface area contributed by atoms with Crippen molar-refractivity contribution in [1.82, 2.24) is 0 Å². The van der Waals surface area contributed by atoms with Gasteiger partial charge >= 0.3 is 0 Å². The average molecular weight is 355 g/mol. The van der Waals surface area contributed by atoms with Gasteiger partial charge in [0, 0.05) is 6.07 Å². The fraction of sp³-hybridized carbons (Fsp3) is 0.375. The minimum Gasteiger partial charge on any atom is -0.492 e. The Bertz CT molecular complexity index is 673. The predicted molar refractivity (Wildman–Crippen MR) is 90.5 cm³/mol. The van der Waals surface area contributed by atoms with Gasteiger partial charge in [-0.2, -0.15) is 0 Å². The summed E-state index contributed by atoms with van der Waals surface area (Å²) < 4.78 is 5.42. The van der Waals surface area contributed by atoms with Gasteiger partial charge in [0.05, 0.1) is 35.8 Å². The molecule has 8 heteroatoms. The van der Waals surface area contributed by atoms with Gasteiger partial charge in [-0.3, -0.25) is 19.2 Å². The number of nitrogens with one attached hydrogen (secondary N) is 2. The highest BCUT2D eigenvalue weighted by Gasteiger charge is 2.15. The fourth-order valence-corrected chi connectivity index (χ4v) is 2.07. The van der Waals surface area contributed by atoms with Crippen LogP contribution in [0.25, 0.3) is 0 Å². The minimum absolute atomic E-state index is 0.161. The van der Waals surface area contributed by atoms with E-state index in [0.29, 0.717) is 6.61 Å². The van der Waals surface area contributed by atoms with E-state index < -0.39 is 11.8 Å². The number of halogens is 1. The molecule has 130 valence electrons. The third-order valence-corrected chi connectivity index (χ3v) is 3.05. The SMILES string of the molecule is CCOc1cc(NC(=O)CC(C)=O)c(Cl)cc1NC(=O)CC(C)=O. The van der Waals surface area contributed by atoms with E-state index in [-0.39, 0.29) is 46.6 Å². The number of rotatable bonds is 8. The first-order valence-electron chi connectivity index (χ1n) is 7.27. The molecule has 2 N–H and O–H groups in total. The zero-order chi connectivity index (χ0) is 18.3. The van der Waals surface area contributed by atoms with E-state index in [1.807, 2.05) is 0 Å². The molecule has 0 aliphatic rings. The summed E-state index contributed by atoms with van der Waals surface area (Å²) in [6, 6.07) is 2.86. The molecule has 1 rings (SSSR count). The van der Waals surface area contributed by atoms with Crippen molar-refractivity contribution in [3.63, 3.8) is 0 Å². The predicted octanol–water partition coefficient (Wildman–Crippen LogP) is 2.57. The van der Waals surface area contributed by atoms with Crippen LogP contribution in [0.5, 0.6) is 5.75 Å². The van der Waals surface area contributed by atoms with E-state index in [0.717, 1.165) is 0 Å². The Labute approximate surface area is 144 Å². The first-order chi connectivity index (χ1) is 11.2. The summed E-state index contributed by atoms with van der Waals surface area (Å²) in [5, 5.41) is 5.22. The summed E-state index contributed by atoms with van der Waals surface area (Å²) in [6.07, 6.45) is -0.530. The molecule has 0 aromatic heterocycles. The Balaban J connectivity index is 3.03. The van der Waals surface area contributed by atoms with Gasteiger partial charge < -0.3 is 15.4 Å². The summed E-state index contributed by atoms with van der Waals surface area (Å²) in [7, 11) is 0. The van der Waals surface area contributed by atoms with Gasteiger partial charge in [0.15, 0.2) is 0 Å².